The van der Waals surface area contributed by atoms with Gasteiger partial charge in [-0.2, -0.15) is 0 Å². The summed E-state index contributed by atoms with van der Waals surface area (Å²) in [6.45, 7) is 11.6. The van der Waals surface area contributed by atoms with Crippen molar-refractivity contribution in [1.29, 1.82) is 0 Å². The molecule has 106 valence electrons. The van der Waals surface area contributed by atoms with Gasteiger partial charge in [-0.05, 0) is 44.1 Å². The van der Waals surface area contributed by atoms with Crippen molar-refractivity contribution < 1.29 is 4.74 Å². The maximum Gasteiger partial charge on any atom is 0.0469 e. The second kappa shape index (κ2) is 7.46. The van der Waals surface area contributed by atoms with Gasteiger partial charge in [0.1, 0.15) is 0 Å². The molecule has 1 atom stereocenters. The summed E-state index contributed by atoms with van der Waals surface area (Å²) in [5.41, 5.74) is 0. The Kier molecular flexibility index (Phi) is 5.93. The van der Waals surface area contributed by atoms with Crippen LogP contribution in [0.5, 0.6) is 0 Å². The summed E-state index contributed by atoms with van der Waals surface area (Å²) >= 11 is 0. The monoisotopic (exact) mass is 254 g/mol. The van der Waals surface area contributed by atoms with E-state index in [4.69, 9.17) is 4.74 Å². The Morgan fingerprint density at radius 2 is 1.94 bits per heavy atom. The third kappa shape index (κ3) is 4.87. The highest BCUT2D eigenvalue weighted by atomic mass is 16.5. The van der Waals surface area contributed by atoms with E-state index in [2.05, 4.69) is 24.1 Å². The highest BCUT2D eigenvalue weighted by Gasteiger charge is 2.22. The molecule has 1 unspecified atom stereocenters. The highest BCUT2D eigenvalue weighted by Crippen LogP contribution is 2.18. The van der Waals surface area contributed by atoms with E-state index >= 15 is 0 Å². The van der Waals surface area contributed by atoms with Crippen molar-refractivity contribution in [1.82, 2.24) is 10.2 Å². The molecule has 0 aliphatic carbocycles. The molecular formula is C15H30N2O. The van der Waals surface area contributed by atoms with Crippen LogP contribution in [0.2, 0.25) is 0 Å². The van der Waals surface area contributed by atoms with Gasteiger partial charge in [0.25, 0.3) is 0 Å². The molecule has 0 spiro atoms. The van der Waals surface area contributed by atoms with Crippen molar-refractivity contribution >= 4 is 0 Å². The minimum Gasteiger partial charge on any atom is -0.381 e. The summed E-state index contributed by atoms with van der Waals surface area (Å²) < 4.78 is 5.46. The fourth-order valence-corrected chi connectivity index (χ4v) is 3.26. The second-order valence-electron chi connectivity index (χ2n) is 6.46. The maximum atomic E-state index is 5.46. The molecule has 0 saturated carbocycles. The third-order valence-corrected chi connectivity index (χ3v) is 4.12. The molecule has 2 aliphatic heterocycles. The number of ether oxygens (including phenoxy) is 1. The first-order valence-corrected chi connectivity index (χ1v) is 7.77. The molecular weight excluding hydrogens is 224 g/mol. The summed E-state index contributed by atoms with van der Waals surface area (Å²) in [6, 6.07) is 0.739. The summed E-state index contributed by atoms with van der Waals surface area (Å²) in [4.78, 5) is 2.70. The predicted molar refractivity (Wildman–Crippen MR) is 75.8 cm³/mol. The van der Waals surface area contributed by atoms with Gasteiger partial charge in [0.05, 0.1) is 0 Å². The van der Waals surface area contributed by atoms with Crippen molar-refractivity contribution in [3.8, 4) is 0 Å². The lowest BCUT2D eigenvalue weighted by atomic mass is 9.99. The molecule has 0 bridgehead atoms. The van der Waals surface area contributed by atoms with Gasteiger partial charge >= 0.3 is 0 Å². The Balaban J connectivity index is 1.78. The predicted octanol–water partition coefficient (Wildman–Crippen LogP) is 2.12. The average molecular weight is 254 g/mol. The van der Waals surface area contributed by atoms with Crippen LogP contribution in [0.25, 0.3) is 0 Å². The van der Waals surface area contributed by atoms with E-state index < -0.39 is 0 Å². The molecule has 1 N–H and O–H groups in total. The lowest BCUT2D eigenvalue weighted by Crippen LogP contribution is -2.42. The van der Waals surface area contributed by atoms with Gasteiger partial charge < -0.3 is 15.0 Å². The van der Waals surface area contributed by atoms with Crippen LogP contribution in [0.3, 0.4) is 0 Å². The number of hydrogen-bond acceptors (Lipinski definition) is 3. The van der Waals surface area contributed by atoms with Crippen LogP contribution in [-0.4, -0.2) is 50.3 Å². The van der Waals surface area contributed by atoms with Crippen LogP contribution in [0.1, 0.15) is 39.5 Å². The molecule has 0 aromatic heterocycles. The highest BCUT2D eigenvalue weighted by molar-refractivity contribution is 4.80. The molecule has 2 rings (SSSR count). The molecule has 2 aliphatic rings. The molecule has 2 saturated heterocycles. The van der Waals surface area contributed by atoms with Crippen molar-refractivity contribution in [2.24, 2.45) is 11.8 Å². The van der Waals surface area contributed by atoms with Crippen LogP contribution in [0, 0.1) is 11.8 Å². The number of nitrogens with zero attached hydrogens (tertiary/aromatic N) is 1. The lowest BCUT2D eigenvalue weighted by Gasteiger charge is -2.32. The molecule has 3 nitrogen and oxygen atoms in total. The van der Waals surface area contributed by atoms with Gasteiger partial charge in [-0.15, -0.1) is 0 Å². The average Bonchev–Trinajstić information content (AvgIpc) is 2.82. The maximum absolute atomic E-state index is 5.46. The molecule has 3 heteroatoms. The number of hydrogen-bond donors (Lipinski definition) is 1. The third-order valence-electron chi connectivity index (χ3n) is 4.12. The molecule has 0 amide bonds. The molecule has 2 fully saturated rings. The molecule has 2 heterocycles. The second-order valence-corrected chi connectivity index (χ2v) is 6.46. The van der Waals surface area contributed by atoms with Gasteiger partial charge in [-0.25, -0.2) is 0 Å². The molecule has 0 radical (unpaired) electrons. The van der Waals surface area contributed by atoms with Crippen LogP contribution >= 0.6 is 0 Å². The molecule has 0 aromatic carbocycles. The summed E-state index contributed by atoms with van der Waals surface area (Å²) in [5, 5.41) is 3.63. The van der Waals surface area contributed by atoms with Crippen molar-refractivity contribution in [3.05, 3.63) is 0 Å². The smallest absolute Gasteiger partial charge is 0.0469 e. The van der Waals surface area contributed by atoms with Gasteiger partial charge in [-0.1, -0.05) is 13.8 Å². The normalized spacial score (nSPS) is 26.3. The first-order chi connectivity index (χ1) is 8.74. The number of nitrogens with one attached hydrogen (secondary N) is 1. The standard InChI is InChI=1S/C15H30N2O/c1-13(2)10-17(12-15-4-3-7-16-15)11-14-5-8-18-9-6-14/h13-16H,3-12H2,1-2H3. The van der Waals surface area contributed by atoms with E-state index in [0.29, 0.717) is 0 Å². The lowest BCUT2D eigenvalue weighted by molar-refractivity contribution is 0.0496. The minimum atomic E-state index is 0.739. The zero-order chi connectivity index (χ0) is 12.8. The summed E-state index contributed by atoms with van der Waals surface area (Å²) in [7, 11) is 0. The van der Waals surface area contributed by atoms with Gasteiger partial charge in [0.2, 0.25) is 0 Å². The first kappa shape index (κ1) is 14.3. The Bertz CT molecular complexity index is 221. The summed E-state index contributed by atoms with van der Waals surface area (Å²) in [5.74, 6) is 1.63. The van der Waals surface area contributed by atoms with Gasteiger partial charge in [0.15, 0.2) is 0 Å². The van der Waals surface area contributed by atoms with Crippen LogP contribution in [0.4, 0.5) is 0 Å². The van der Waals surface area contributed by atoms with E-state index in [1.807, 2.05) is 0 Å². The Morgan fingerprint density at radius 1 is 1.17 bits per heavy atom. The van der Waals surface area contributed by atoms with Gasteiger partial charge in [0, 0.05) is 38.9 Å². The Morgan fingerprint density at radius 3 is 2.56 bits per heavy atom. The van der Waals surface area contributed by atoms with E-state index in [1.165, 1.54) is 51.9 Å². The van der Waals surface area contributed by atoms with Gasteiger partial charge in [-0.3, -0.25) is 0 Å². The van der Waals surface area contributed by atoms with Crippen LogP contribution in [-0.2, 0) is 4.74 Å². The zero-order valence-corrected chi connectivity index (χ0v) is 12.2. The Labute approximate surface area is 112 Å². The quantitative estimate of drug-likeness (QED) is 0.786. The SMILES string of the molecule is CC(C)CN(CC1CCOCC1)CC1CCCN1. The molecule has 18 heavy (non-hydrogen) atoms. The van der Waals surface area contributed by atoms with Crippen molar-refractivity contribution in [2.75, 3.05) is 39.4 Å². The van der Waals surface area contributed by atoms with Crippen molar-refractivity contribution in [2.45, 2.75) is 45.6 Å². The molecule has 0 aromatic rings. The van der Waals surface area contributed by atoms with E-state index in [-0.39, 0.29) is 0 Å². The van der Waals surface area contributed by atoms with Crippen LogP contribution < -0.4 is 5.32 Å². The van der Waals surface area contributed by atoms with Crippen molar-refractivity contribution in [3.63, 3.8) is 0 Å². The van der Waals surface area contributed by atoms with Crippen LogP contribution in [0.15, 0.2) is 0 Å². The minimum absolute atomic E-state index is 0.739. The number of rotatable bonds is 6. The fraction of sp³-hybridized carbons (Fsp3) is 1.00. The van der Waals surface area contributed by atoms with E-state index in [1.54, 1.807) is 0 Å². The first-order valence-electron chi connectivity index (χ1n) is 7.77. The largest absolute Gasteiger partial charge is 0.381 e. The Hall–Kier alpha value is -0.120. The van der Waals surface area contributed by atoms with E-state index in [0.717, 1.165) is 31.1 Å². The fourth-order valence-electron chi connectivity index (χ4n) is 3.26. The van der Waals surface area contributed by atoms with E-state index in [9.17, 15) is 0 Å². The zero-order valence-electron chi connectivity index (χ0n) is 12.2. The topological polar surface area (TPSA) is 24.5 Å². The summed E-state index contributed by atoms with van der Waals surface area (Å²) in [6.07, 6.45) is 5.24.